The molecule has 0 aromatic carbocycles. The summed E-state index contributed by atoms with van der Waals surface area (Å²) < 4.78 is 1.81. The number of rotatable bonds is 3. The second-order valence-electron chi connectivity index (χ2n) is 3.20. The molecule has 0 bridgehead atoms. The van der Waals surface area contributed by atoms with Crippen molar-refractivity contribution in [1.82, 2.24) is 19.7 Å². The van der Waals surface area contributed by atoms with Crippen LogP contribution in [0.5, 0.6) is 0 Å². The Kier molecular flexibility index (Phi) is 2.22. The van der Waals surface area contributed by atoms with Crippen LogP contribution in [0.2, 0.25) is 0 Å². The van der Waals surface area contributed by atoms with Gasteiger partial charge in [-0.25, -0.2) is 4.98 Å². The largest absolute Gasteiger partial charge is 0.352 e. The Balaban J connectivity index is 2.01. The van der Waals surface area contributed by atoms with E-state index in [0.29, 0.717) is 0 Å². The van der Waals surface area contributed by atoms with Crippen molar-refractivity contribution in [3.05, 3.63) is 29.8 Å². The number of hydrogen-bond acceptors (Lipinski definition) is 3. The SMILES string of the molecule is Cc1nn(C)cc1CNc1ncc[nH]1. The summed E-state index contributed by atoms with van der Waals surface area (Å²) in [6.45, 7) is 2.74. The van der Waals surface area contributed by atoms with Crippen molar-refractivity contribution in [2.45, 2.75) is 13.5 Å². The Bertz CT molecular complexity index is 401. The van der Waals surface area contributed by atoms with Crippen LogP contribution in [0, 0.1) is 6.92 Å². The molecule has 0 fully saturated rings. The molecule has 2 aromatic heterocycles. The summed E-state index contributed by atoms with van der Waals surface area (Å²) >= 11 is 0. The number of aromatic amines is 1. The lowest BCUT2D eigenvalue weighted by Crippen LogP contribution is -2.01. The molecular weight excluding hydrogens is 178 g/mol. The number of imidazole rings is 1. The molecule has 0 atom stereocenters. The number of aromatic nitrogens is 4. The van der Waals surface area contributed by atoms with Crippen molar-refractivity contribution in [3.63, 3.8) is 0 Å². The van der Waals surface area contributed by atoms with Crippen molar-refractivity contribution < 1.29 is 0 Å². The zero-order valence-corrected chi connectivity index (χ0v) is 8.28. The normalized spacial score (nSPS) is 10.4. The summed E-state index contributed by atoms with van der Waals surface area (Å²) in [6.07, 6.45) is 5.52. The molecule has 2 rings (SSSR count). The summed E-state index contributed by atoms with van der Waals surface area (Å²) in [4.78, 5) is 7.06. The van der Waals surface area contributed by atoms with Crippen molar-refractivity contribution >= 4 is 5.95 Å². The van der Waals surface area contributed by atoms with Crippen LogP contribution in [-0.2, 0) is 13.6 Å². The maximum Gasteiger partial charge on any atom is 0.200 e. The minimum atomic E-state index is 0.743. The van der Waals surface area contributed by atoms with E-state index >= 15 is 0 Å². The molecule has 2 aromatic rings. The van der Waals surface area contributed by atoms with Gasteiger partial charge in [-0.2, -0.15) is 5.10 Å². The van der Waals surface area contributed by atoms with E-state index in [2.05, 4.69) is 20.4 Å². The van der Waals surface area contributed by atoms with Gasteiger partial charge in [-0.3, -0.25) is 4.68 Å². The molecule has 0 saturated heterocycles. The molecule has 0 aliphatic rings. The van der Waals surface area contributed by atoms with Gasteiger partial charge in [0.05, 0.1) is 5.69 Å². The molecule has 74 valence electrons. The maximum absolute atomic E-state index is 4.26. The van der Waals surface area contributed by atoms with Crippen LogP contribution >= 0.6 is 0 Å². The minimum absolute atomic E-state index is 0.743. The van der Waals surface area contributed by atoms with E-state index < -0.39 is 0 Å². The monoisotopic (exact) mass is 191 g/mol. The Hall–Kier alpha value is -1.78. The van der Waals surface area contributed by atoms with Gasteiger partial charge in [0, 0.05) is 37.7 Å². The molecule has 5 nitrogen and oxygen atoms in total. The maximum atomic E-state index is 4.26. The summed E-state index contributed by atoms with van der Waals surface area (Å²) in [5.41, 5.74) is 2.23. The number of hydrogen-bond donors (Lipinski definition) is 2. The van der Waals surface area contributed by atoms with E-state index in [1.54, 1.807) is 12.4 Å². The van der Waals surface area contributed by atoms with Gasteiger partial charge in [0.1, 0.15) is 0 Å². The first-order valence-corrected chi connectivity index (χ1v) is 4.48. The molecule has 0 aliphatic heterocycles. The smallest absolute Gasteiger partial charge is 0.200 e. The molecule has 0 radical (unpaired) electrons. The van der Waals surface area contributed by atoms with E-state index in [-0.39, 0.29) is 0 Å². The lowest BCUT2D eigenvalue weighted by molar-refractivity contribution is 0.756. The highest BCUT2D eigenvalue weighted by Gasteiger charge is 2.02. The van der Waals surface area contributed by atoms with E-state index in [9.17, 15) is 0 Å². The first-order chi connectivity index (χ1) is 6.75. The van der Waals surface area contributed by atoms with Crippen LogP contribution in [0.3, 0.4) is 0 Å². The molecule has 0 spiro atoms. The summed E-state index contributed by atoms with van der Waals surface area (Å²) in [5, 5.41) is 7.43. The van der Waals surface area contributed by atoms with Crippen LogP contribution in [0.25, 0.3) is 0 Å². The Morgan fingerprint density at radius 1 is 1.57 bits per heavy atom. The van der Waals surface area contributed by atoms with Crippen molar-refractivity contribution in [2.75, 3.05) is 5.32 Å². The molecule has 5 heteroatoms. The van der Waals surface area contributed by atoms with Crippen molar-refractivity contribution in [2.24, 2.45) is 7.05 Å². The lowest BCUT2D eigenvalue weighted by Gasteiger charge is -2.00. The predicted octanol–water partition coefficient (Wildman–Crippen LogP) is 1.06. The topological polar surface area (TPSA) is 58.5 Å². The highest BCUT2D eigenvalue weighted by atomic mass is 15.3. The number of nitrogens with zero attached hydrogens (tertiary/aromatic N) is 3. The fourth-order valence-corrected chi connectivity index (χ4v) is 1.36. The third-order valence-electron chi connectivity index (χ3n) is 2.06. The van der Waals surface area contributed by atoms with E-state index in [4.69, 9.17) is 0 Å². The summed E-state index contributed by atoms with van der Waals surface area (Å²) in [7, 11) is 1.92. The standard InChI is InChI=1S/C9H13N5/c1-7-8(6-14(2)13-7)5-12-9-10-3-4-11-9/h3-4,6H,5H2,1-2H3,(H2,10,11,12). The highest BCUT2D eigenvalue weighted by molar-refractivity contribution is 5.27. The van der Waals surface area contributed by atoms with Crippen molar-refractivity contribution in [3.8, 4) is 0 Å². The average Bonchev–Trinajstić information content (AvgIpc) is 2.72. The Morgan fingerprint density at radius 2 is 2.43 bits per heavy atom. The summed E-state index contributed by atoms with van der Waals surface area (Å²) in [6, 6.07) is 0. The van der Waals surface area contributed by atoms with E-state index in [0.717, 1.165) is 18.2 Å². The Labute approximate surface area is 82.2 Å². The molecule has 0 saturated carbocycles. The third kappa shape index (κ3) is 1.76. The first kappa shape index (κ1) is 8.80. The van der Waals surface area contributed by atoms with Gasteiger partial charge in [0.2, 0.25) is 0 Å². The number of H-pyrrole nitrogens is 1. The third-order valence-corrected chi connectivity index (χ3v) is 2.06. The van der Waals surface area contributed by atoms with Gasteiger partial charge < -0.3 is 10.3 Å². The average molecular weight is 191 g/mol. The molecule has 2 heterocycles. The lowest BCUT2D eigenvalue weighted by atomic mass is 10.3. The number of nitrogens with one attached hydrogen (secondary N) is 2. The van der Waals surface area contributed by atoms with Gasteiger partial charge >= 0.3 is 0 Å². The predicted molar refractivity (Wildman–Crippen MR) is 53.9 cm³/mol. The van der Waals surface area contributed by atoms with Crippen LogP contribution in [0.1, 0.15) is 11.3 Å². The van der Waals surface area contributed by atoms with Gasteiger partial charge in [0.15, 0.2) is 5.95 Å². The molecule has 2 N–H and O–H groups in total. The van der Waals surface area contributed by atoms with Crippen LogP contribution < -0.4 is 5.32 Å². The van der Waals surface area contributed by atoms with Crippen LogP contribution in [0.15, 0.2) is 18.6 Å². The van der Waals surface area contributed by atoms with Crippen LogP contribution in [-0.4, -0.2) is 19.7 Å². The quantitative estimate of drug-likeness (QED) is 0.762. The van der Waals surface area contributed by atoms with Gasteiger partial charge in [-0.15, -0.1) is 0 Å². The van der Waals surface area contributed by atoms with Crippen molar-refractivity contribution in [1.29, 1.82) is 0 Å². The second kappa shape index (κ2) is 3.53. The summed E-state index contributed by atoms with van der Waals surface area (Å²) in [5.74, 6) is 0.785. The molecule has 0 unspecified atom stereocenters. The van der Waals surface area contributed by atoms with E-state index in [1.807, 2.05) is 24.9 Å². The number of aryl methyl sites for hydroxylation is 2. The molecule has 0 aliphatic carbocycles. The fraction of sp³-hybridized carbons (Fsp3) is 0.333. The Morgan fingerprint density at radius 3 is 3.00 bits per heavy atom. The number of anilines is 1. The van der Waals surface area contributed by atoms with Gasteiger partial charge in [-0.1, -0.05) is 0 Å². The van der Waals surface area contributed by atoms with Gasteiger partial charge in [-0.05, 0) is 6.92 Å². The minimum Gasteiger partial charge on any atom is -0.352 e. The first-order valence-electron chi connectivity index (χ1n) is 4.48. The van der Waals surface area contributed by atoms with Crippen LogP contribution in [0.4, 0.5) is 5.95 Å². The highest BCUT2D eigenvalue weighted by Crippen LogP contribution is 2.06. The second-order valence-corrected chi connectivity index (χ2v) is 3.20. The molecule has 0 amide bonds. The molecular formula is C9H13N5. The van der Waals surface area contributed by atoms with E-state index in [1.165, 1.54) is 5.56 Å². The fourth-order valence-electron chi connectivity index (χ4n) is 1.36. The van der Waals surface area contributed by atoms with Gasteiger partial charge in [0.25, 0.3) is 0 Å². The zero-order valence-electron chi connectivity index (χ0n) is 8.28. The zero-order chi connectivity index (χ0) is 9.97. The molecule has 14 heavy (non-hydrogen) atoms.